The van der Waals surface area contributed by atoms with Gasteiger partial charge in [-0.1, -0.05) is 68.3 Å². The van der Waals surface area contributed by atoms with Gasteiger partial charge in [-0.15, -0.1) is 0 Å². The largest absolute Gasteiger partial charge is 0.480 e. The molecule has 4 N–H and O–H groups in total. The van der Waals surface area contributed by atoms with Crippen LogP contribution in [0.25, 0.3) is 11.1 Å². The SMILES string of the molecule is CC1CCCC(NC(=O)OCC2c3ccccc3-c3ccccc32)(C(=O)N[C@H](CO)C(=O)O)C1. The monoisotopic (exact) mass is 466 g/mol. The third-order valence-electron chi connectivity index (χ3n) is 6.90. The Labute approximate surface area is 198 Å². The number of carbonyl (C=O) groups excluding carboxylic acids is 2. The molecule has 2 aromatic carbocycles. The van der Waals surface area contributed by atoms with E-state index in [1.165, 1.54) is 0 Å². The Balaban J connectivity index is 1.49. The second kappa shape index (κ2) is 9.85. The fourth-order valence-electron chi connectivity index (χ4n) is 5.24. The van der Waals surface area contributed by atoms with Gasteiger partial charge in [0.05, 0.1) is 6.61 Å². The van der Waals surface area contributed by atoms with Crippen LogP contribution in [0.4, 0.5) is 4.79 Å². The lowest BCUT2D eigenvalue weighted by Gasteiger charge is -2.39. The van der Waals surface area contributed by atoms with Crippen LogP contribution in [0.1, 0.15) is 49.7 Å². The quantitative estimate of drug-likeness (QED) is 0.497. The van der Waals surface area contributed by atoms with E-state index in [-0.39, 0.29) is 18.4 Å². The first-order chi connectivity index (χ1) is 16.3. The Morgan fingerprint density at radius 1 is 1.09 bits per heavy atom. The van der Waals surface area contributed by atoms with Crippen molar-refractivity contribution in [2.45, 2.75) is 50.1 Å². The van der Waals surface area contributed by atoms with E-state index in [2.05, 4.69) is 22.8 Å². The summed E-state index contributed by atoms with van der Waals surface area (Å²) in [6.07, 6.45) is 1.62. The van der Waals surface area contributed by atoms with Crippen LogP contribution < -0.4 is 10.6 Å². The minimum absolute atomic E-state index is 0.112. The molecule has 0 spiro atoms. The topological polar surface area (TPSA) is 125 Å². The number of aliphatic carboxylic acids is 1. The maximum absolute atomic E-state index is 13.1. The first-order valence-electron chi connectivity index (χ1n) is 11.6. The number of benzene rings is 2. The minimum Gasteiger partial charge on any atom is -0.480 e. The first kappa shape index (κ1) is 23.8. The molecule has 180 valence electrons. The highest BCUT2D eigenvalue weighted by molar-refractivity contribution is 5.93. The van der Waals surface area contributed by atoms with Crippen molar-refractivity contribution in [1.82, 2.24) is 10.6 Å². The number of rotatable bonds is 7. The van der Waals surface area contributed by atoms with Crippen LogP contribution in [0.5, 0.6) is 0 Å². The molecule has 3 atom stereocenters. The molecule has 2 unspecified atom stereocenters. The predicted octanol–water partition coefficient (Wildman–Crippen LogP) is 3.04. The van der Waals surface area contributed by atoms with Crippen molar-refractivity contribution in [3.63, 3.8) is 0 Å². The molecule has 4 rings (SSSR count). The van der Waals surface area contributed by atoms with E-state index in [0.29, 0.717) is 19.3 Å². The van der Waals surface area contributed by atoms with E-state index in [4.69, 9.17) is 4.74 Å². The summed E-state index contributed by atoms with van der Waals surface area (Å²) < 4.78 is 5.64. The molecule has 0 saturated heterocycles. The van der Waals surface area contributed by atoms with Gasteiger partial charge < -0.3 is 25.6 Å². The standard InChI is InChI=1S/C26H30N2O6/c1-16-7-6-12-26(13-16,24(32)27-22(14-29)23(30)31)28-25(33)34-15-21-19-10-4-2-8-17(19)18-9-3-5-11-20(18)21/h2-5,8-11,16,21-22,29H,6-7,12-15H2,1H3,(H,27,32)(H,28,33)(H,30,31)/t16?,22-,26?/m1/s1. The maximum Gasteiger partial charge on any atom is 0.408 e. The summed E-state index contributed by atoms with van der Waals surface area (Å²) >= 11 is 0. The van der Waals surface area contributed by atoms with E-state index in [9.17, 15) is 24.6 Å². The van der Waals surface area contributed by atoms with E-state index in [1.54, 1.807) is 0 Å². The van der Waals surface area contributed by atoms with Crippen LogP contribution in [0.2, 0.25) is 0 Å². The van der Waals surface area contributed by atoms with E-state index in [1.807, 2.05) is 43.3 Å². The molecule has 0 bridgehead atoms. The number of amides is 2. The Morgan fingerprint density at radius 2 is 1.71 bits per heavy atom. The summed E-state index contributed by atoms with van der Waals surface area (Å²) in [6, 6.07) is 14.6. The maximum atomic E-state index is 13.1. The molecule has 0 aromatic heterocycles. The van der Waals surface area contributed by atoms with Crippen molar-refractivity contribution < 1.29 is 29.3 Å². The van der Waals surface area contributed by atoms with Crippen molar-refractivity contribution in [2.75, 3.05) is 13.2 Å². The molecule has 2 aromatic rings. The highest BCUT2D eigenvalue weighted by Gasteiger charge is 2.45. The molecule has 8 nitrogen and oxygen atoms in total. The summed E-state index contributed by atoms with van der Waals surface area (Å²) in [5, 5.41) is 23.7. The highest BCUT2D eigenvalue weighted by atomic mass is 16.5. The molecule has 1 saturated carbocycles. The van der Waals surface area contributed by atoms with Crippen LogP contribution >= 0.6 is 0 Å². The summed E-state index contributed by atoms with van der Waals surface area (Å²) in [7, 11) is 0. The first-order valence-corrected chi connectivity index (χ1v) is 11.6. The second-order valence-corrected chi connectivity index (χ2v) is 9.28. The molecule has 2 aliphatic rings. The zero-order chi connectivity index (χ0) is 24.3. The Morgan fingerprint density at radius 3 is 2.26 bits per heavy atom. The van der Waals surface area contributed by atoms with Crippen molar-refractivity contribution in [1.29, 1.82) is 0 Å². The molecular formula is C26H30N2O6. The lowest BCUT2D eigenvalue weighted by atomic mass is 9.75. The average Bonchev–Trinajstić information content (AvgIpc) is 3.14. The fraction of sp³-hybridized carbons (Fsp3) is 0.423. The number of nitrogens with one attached hydrogen (secondary N) is 2. The van der Waals surface area contributed by atoms with Crippen molar-refractivity contribution in [3.8, 4) is 11.1 Å². The number of carbonyl (C=O) groups is 3. The summed E-state index contributed by atoms with van der Waals surface area (Å²) in [5.41, 5.74) is 3.12. The van der Waals surface area contributed by atoms with E-state index < -0.39 is 36.2 Å². The number of carboxylic acids is 1. The zero-order valence-electron chi connectivity index (χ0n) is 19.1. The van der Waals surface area contributed by atoms with Crippen molar-refractivity contribution in [3.05, 3.63) is 59.7 Å². The molecule has 1 fully saturated rings. The van der Waals surface area contributed by atoms with Gasteiger partial charge in [0, 0.05) is 5.92 Å². The van der Waals surface area contributed by atoms with Crippen LogP contribution in [0.3, 0.4) is 0 Å². The third-order valence-corrected chi connectivity index (χ3v) is 6.90. The summed E-state index contributed by atoms with van der Waals surface area (Å²) in [4.78, 5) is 37.3. The average molecular weight is 467 g/mol. The number of hydrogen-bond acceptors (Lipinski definition) is 5. The van der Waals surface area contributed by atoms with Crippen molar-refractivity contribution in [2.24, 2.45) is 5.92 Å². The number of ether oxygens (including phenoxy) is 1. The molecule has 34 heavy (non-hydrogen) atoms. The van der Waals surface area contributed by atoms with Gasteiger partial charge in [0.25, 0.3) is 0 Å². The molecule has 0 heterocycles. The van der Waals surface area contributed by atoms with Crippen LogP contribution in [0.15, 0.2) is 48.5 Å². The Hall–Kier alpha value is -3.39. The molecule has 0 radical (unpaired) electrons. The minimum atomic E-state index is -1.44. The van der Waals surface area contributed by atoms with Gasteiger partial charge in [-0.3, -0.25) is 4.79 Å². The Kier molecular flexibility index (Phi) is 6.88. The number of carboxylic acid groups (broad SMARTS) is 1. The summed E-state index contributed by atoms with van der Waals surface area (Å²) in [5.74, 6) is -1.91. The van der Waals surface area contributed by atoms with Crippen molar-refractivity contribution >= 4 is 18.0 Å². The summed E-state index contributed by atoms with van der Waals surface area (Å²) in [6.45, 7) is 1.36. The predicted molar refractivity (Wildman–Crippen MR) is 125 cm³/mol. The lowest BCUT2D eigenvalue weighted by molar-refractivity contribution is -0.144. The van der Waals surface area contributed by atoms with E-state index in [0.717, 1.165) is 28.7 Å². The van der Waals surface area contributed by atoms with Gasteiger partial charge in [0.1, 0.15) is 18.2 Å². The number of alkyl carbamates (subject to hydrolysis) is 1. The van der Waals surface area contributed by atoms with Crippen LogP contribution in [-0.4, -0.2) is 53.0 Å². The van der Waals surface area contributed by atoms with Gasteiger partial charge in [-0.05, 0) is 41.0 Å². The fourth-order valence-corrected chi connectivity index (χ4v) is 5.24. The van der Waals surface area contributed by atoms with Crippen LogP contribution in [0, 0.1) is 5.92 Å². The number of hydrogen-bond donors (Lipinski definition) is 4. The molecule has 2 amide bonds. The van der Waals surface area contributed by atoms with E-state index >= 15 is 0 Å². The molecule has 2 aliphatic carbocycles. The van der Waals surface area contributed by atoms with Gasteiger partial charge in [-0.2, -0.15) is 0 Å². The smallest absolute Gasteiger partial charge is 0.408 e. The highest BCUT2D eigenvalue weighted by Crippen LogP contribution is 2.44. The molecule has 8 heteroatoms. The number of fused-ring (bicyclic) bond motifs is 3. The molecular weight excluding hydrogens is 436 g/mol. The number of aliphatic hydroxyl groups excluding tert-OH is 1. The third kappa shape index (κ3) is 4.63. The normalized spacial score (nSPS) is 22.2. The van der Waals surface area contributed by atoms with Gasteiger partial charge in [0.2, 0.25) is 5.91 Å². The molecule has 0 aliphatic heterocycles. The lowest BCUT2D eigenvalue weighted by Crippen LogP contribution is -2.63. The van der Waals surface area contributed by atoms with Crippen LogP contribution in [-0.2, 0) is 14.3 Å². The second-order valence-electron chi connectivity index (χ2n) is 9.28. The van der Waals surface area contributed by atoms with Gasteiger partial charge in [0.15, 0.2) is 0 Å². The number of aliphatic hydroxyl groups is 1. The van der Waals surface area contributed by atoms with Gasteiger partial charge in [-0.25, -0.2) is 9.59 Å². The van der Waals surface area contributed by atoms with Gasteiger partial charge >= 0.3 is 12.1 Å². The Bertz CT molecular complexity index is 1040. The zero-order valence-corrected chi connectivity index (χ0v) is 19.1.